The van der Waals surface area contributed by atoms with Gasteiger partial charge < -0.3 is 15.4 Å². The summed E-state index contributed by atoms with van der Waals surface area (Å²) in [5, 5.41) is 0. The van der Waals surface area contributed by atoms with Gasteiger partial charge in [0.15, 0.2) is 0 Å². The van der Waals surface area contributed by atoms with Crippen molar-refractivity contribution in [1.29, 1.82) is 0 Å². The lowest BCUT2D eigenvalue weighted by atomic mass is 9.88. The Morgan fingerprint density at radius 1 is 1.35 bits per heavy atom. The van der Waals surface area contributed by atoms with Crippen LogP contribution in [0, 0.1) is 5.92 Å². The van der Waals surface area contributed by atoms with Crippen molar-refractivity contribution in [2.24, 2.45) is 11.7 Å². The maximum absolute atomic E-state index is 11.6. The van der Waals surface area contributed by atoms with E-state index in [1.54, 1.807) is 0 Å². The van der Waals surface area contributed by atoms with Crippen molar-refractivity contribution in [3.8, 4) is 0 Å². The lowest BCUT2D eigenvalue weighted by Gasteiger charge is -2.38. The number of ether oxygens (including phenoxy) is 1. The van der Waals surface area contributed by atoms with Crippen LogP contribution >= 0.6 is 0 Å². The number of carbonyl (C=O) groups is 1. The zero-order chi connectivity index (χ0) is 12.3. The van der Waals surface area contributed by atoms with Crippen LogP contribution in [0.2, 0.25) is 0 Å². The number of rotatable bonds is 3. The highest BCUT2D eigenvalue weighted by molar-refractivity contribution is 5.80. The summed E-state index contributed by atoms with van der Waals surface area (Å²) in [7, 11) is 1.42. The van der Waals surface area contributed by atoms with Crippen molar-refractivity contribution in [1.82, 2.24) is 4.90 Å². The van der Waals surface area contributed by atoms with Gasteiger partial charge in [0, 0.05) is 19.6 Å². The Bertz CT molecular complexity index is 267. The monoisotopic (exact) mass is 240 g/mol. The van der Waals surface area contributed by atoms with Gasteiger partial charge in [-0.15, -0.1) is 0 Å². The van der Waals surface area contributed by atoms with Crippen molar-refractivity contribution >= 4 is 5.97 Å². The summed E-state index contributed by atoms with van der Waals surface area (Å²) in [4.78, 5) is 14.0. The molecule has 1 saturated carbocycles. The molecule has 2 fully saturated rings. The van der Waals surface area contributed by atoms with Gasteiger partial charge in [-0.25, -0.2) is 0 Å². The minimum absolute atomic E-state index is 0.252. The van der Waals surface area contributed by atoms with E-state index >= 15 is 0 Å². The van der Waals surface area contributed by atoms with Crippen molar-refractivity contribution in [2.45, 2.75) is 44.1 Å². The molecular weight excluding hydrogens is 216 g/mol. The predicted octanol–water partition coefficient (Wildman–Crippen LogP) is 1.14. The summed E-state index contributed by atoms with van der Waals surface area (Å²) in [5.74, 6) is 0.622. The van der Waals surface area contributed by atoms with E-state index in [1.807, 2.05) is 0 Å². The zero-order valence-corrected chi connectivity index (χ0v) is 10.8. The van der Waals surface area contributed by atoms with Crippen LogP contribution in [0.3, 0.4) is 0 Å². The lowest BCUT2D eigenvalue weighted by Crippen LogP contribution is -2.56. The number of nitrogens with zero attached hydrogens (tertiary/aromatic N) is 1. The molecule has 0 bridgehead atoms. The van der Waals surface area contributed by atoms with Crippen LogP contribution in [0.5, 0.6) is 0 Å². The highest BCUT2D eigenvalue weighted by atomic mass is 16.5. The maximum Gasteiger partial charge on any atom is 0.325 e. The van der Waals surface area contributed by atoms with Gasteiger partial charge >= 0.3 is 5.97 Å². The molecule has 0 radical (unpaired) electrons. The minimum atomic E-state index is -0.735. The molecule has 2 aliphatic rings. The third-order valence-electron chi connectivity index (χ3n) is 4.33. The van der Waals surface area contributed by atoms with E-state index in [9.17, 15) is 4.79 Å². The van der Waals surface area contributed by atoms with E-state index in [2.05, 4.69) is 4.90 Å². The zero-order valence-electron chi connectivity index (χ0n) is 10.8. The van der Waals surface area contributed by atoms with Gasteiger partial charge in [0.25, 0.3) is 0 Å². The number of likely N-dealkylation sites (tertiary alicyclic amines) is 1. The number of methoxy groups -OCH3 is 1. The fourth-order valence-corrected chi connectivity index (χ4v) is 3.10. The Labute approximate surface area is 103 Å². The first-order valence-corrected chi connectivity index (χ1v) is 6.74. The molecular formula is C13H24N2O2. The Kier molecular flexibility index (Phi) is 4.05. The van der Waals surface area contributed by atoms with Gasteiger partial charge in [0.2, 0.25) is 0 Å². The molecule has 0 aromatic heterocycles. The number of nitrogens with two attached hydrogens (primary N) is 1. The fourth-order valence-electron chi connectivity index (χ4n) is 3.10. The summed E-state index contributed by atoms with van der Waals surface area (Å²) < 4.78 is 4.78. The molecule has 0 amide bonds. The summed E-state index contributed by atoms with van der Waals surface area (Å²) in [6, 6.07) is 0. The van der Waals surface area contributed by atoms with Crippen LogP contribution in [0.25, 0.3) is 0 Å². The smallest absolute Gasteiger partial charge is 0.325 e. The lowest BCUT2D eigenvalue weighted by molar-refractivity contribution is -0.149. The molecule has 4 heteroatoms. The number of hydrogen-bond acceptors (Lipinski definition) is 4. The standard InChI is InChI=1S/C13H24N2O2/c1-17-12(16)13(14)6-8-15(9-7-13)10-11-4-2-3-5-11/h11H,2-10,14H2,1H3. The second-order valence-corrected chi connectivity index (χ2v) is 5.60. The van der Waals surface area contributed by atoms with E-state index in [0.717, 1.165) is 31.8 Å². The highest BCUT2D eigenvalue weighted by Crippen LogP contribution is 2.28. The van der Waals surface area contributed by atoms with Crippen LogP contribution in [0.4, 0.5) is 0 Å². The average molecular weight is 240 g/mol. The Hall–Kier alpha value is -0.610. The van der Waals surface area contributed by atoms with Crippen molar-refractivity contribution in [3.05, 3.63) is 0 Å². The van der Waals surface area contributed by atoms with Crippen molar-refractivity contribution in [2.75, 3.05) is 26.7 Å². The molecule has 17 heavy (non-hydrogen) atoms. The summed E-state index contributed by atoms with van der Waals surface area (Å²) in [6.45, 7) is 3.06. The van der Waals surface area contributed by atoms with Crippen LogP contribution in [-0.2, 0) is 9.53 Å². The van der Waals surface area contributed by atoms with Crippen LogP contribution in [0.1, 0.15) is 38.5 Å². The average Bonchev–Trinajstić information content (AvgIpc) is 2.84. The SMILES string of the molecule is COC(=O)C1(N)CCN(CC2CCCC2)CC1. The van der Waals surface area contributed by atoms with Gasteiger partial charge in [-0.3, -0.25) is 4.79 Å². The van der Waals surface area contributed by atoms with Gasteiger partial charge in [-0.05, 0) is 31.6 Å². The second kappa shape index (κ2) is 5.36. The van der Waals surface area contributed by atoms with Crippen molar-refractivity contribution in [3.63, 3.8) is 0 Å². The van der Waals surface area contributed by atoms with E-state index in [4.69, 9.17) is 10.5 Å². The summed E-state index contributed by atoms with van der Waals surface area (Å²) in [5.41, 5.74) is 5.35. The molecule has 0 aromatic carbocycles. The Morgan fingerprint density at radius 3 is 2.47 bits per heavy atom. The fraction of sp³-hybridized carbons (Fsp3) is 0.923. The Balaban J connectivity index is 1.79. The highest BCUT2D eigenvalue weighted by Gasteiger charge is 2.38. The molecule has 4 nitrogen and oxygen atoms in total. The summed E-state index contributed by atoms with van der Waals surface area (Å²) in [6.07, 6.45) is 6.99. The number of esters is 1. The van der Waals surface area contributed by atoms with Gasteiger partial charge in [0.05, 0.1) is 7.11 Å². The first kappa shape index (κ1) is 12.8. The topological polar surface area (TPSA) is 55.6 Å². The summed E-state index contributed by atoms with van der Waals surface area (Å²) >= 11 is 0. The van der Waals surface area contributed by atoms with Gasteiger partial charge in [0.1, 0.15) is 5.54 Å². The van der Waals surface area contributed by atoms with Crippen LogP contribution < -0.4 is 5.73 Å². The minimum Gasteiger partial charge on any atom is -0.468 e. The van der Waals surface area contributed by atoms with Crippen molar-refractivity contribution < 1.29 is 9.53 Å². The quantitative estimate of drug-likeness (QED) is 0.752. The second-order valence-electron chi connectivity index (χ2n) is 5.60. The largest absolute Gasteiger partial charge is 0.468 e. The third kappa shape index (κ3) is 2.99. The molecule has 0 unspecified atom stereocenters. The Morgan fingerprint density at radius 2 is 1.94 bits per heavy atom. The van der Waals surface area contributed by atoms with E-state index in [-0.39, 0.29) is 5.97 Å². The molecule has 1 heterocycles. The maximum atomic E-state index is 11.6. The first-order valence-electron chi connectivity index (χ1n) is 6.74. The molecule has 0 atom stereocenters. The number of piperidine rings is 1. The molecule has 1 saturated heterocycles. The van der Waals surface area contributed by atoms with Gasteiger partial charge in [-0.1, -0.05) is 12.8 Å². The van der Waals surface area contributed by atoms with E-state index in [0.29, 0.717) is 0 Å². The third-order valence-corrected chi connectivity index (χ3v) is 4.33. The molecule has 1 aliphatic carbocycles. The van der Waals surface area contributed by atoms with Crippen LogP contribution in [0.15, 0.2) is 0 Å². The number of carbonyl (C=O) groups excluding carboxylic acids is 1. The molecule has 0 spiro atoms. The van der Waals surface area contributed by atoms with E-state index < -0.39 is 5.54 Å². The normalized spacial score (nSPS) is 26.0. The first-order chi connectivity index (χ1) is 8.14. The number of hydrogen-bond donors (Lipinski definition) is 1. The molecule has 2 N–H and O–H groups in total. The van der Waals surface area contributed by atoms with E-state index in [1.165, 1.54) is 39.3 Å². The molecule has 98 valence electrons. The molecule has 2 rings (SSSR count). The van der Waals surface area contributed by atoms with Gasteiger partial charge in [-0.2, -0.15) is 0 Å². The van der Waals surface area contributed by atoms with Crippen LogP contribution in [-0.4, -0.2) is 43.2 Å². The predicted molar refractivity (Wildman–Crippen MR) is 66.6 cm³/mol. The molecule has 0 aromatic rings. The molecule has 1 aliphatic heterocycles.